The Morgan fingerprint density at radius 2 is 2.17 bits per heavy atom. The molecule has 3 nitrogen and oxygen atoms in total. The van der Waals surface area contributed by atoms with Gasteiger partial charge >= 0.3 is 0 Å². The highest BCUT2D eigenvalue weighted by atomic mass is 16.1. The third-order valence-electron chi connectivity index (χ3n) is 4.25. The van der Waals surface area contributed by atoms with E-state index in [1.165, 1.54) is 11.1 Å². The Morgan fingerprint density at radius 1 is 1.28 bits per heavy atom. The van der Waals surface area contributed by atoms with Crippen LogP contribution in [-0.2, 0) is 4.79 Å². The number of ketones is 1. The maximum atomic E-state index is 12.1. The van der Waals surface area contributed by atoms with Crippen molar-refractivity contribution in [2.75, 3.05) is 0 Å². The van der Waals surface area contributed by atoms with Crippen molar-refractivity contribution in [1.29, 1.82) is 0 Å². The lowest BCUT2D eigenvalue weighted by Crippen LogP contribution is -2.20. The molecule has 1 aromatic heterocycles. The summed E-state index contributed by atoms with van der Waals surface area (Å²) >= 11 is 0. The summed E-state index contributed by atoms with van der Waals surface area (Å²) in [6.07, 6.45) is 6.55. The van der Waals surface area contributed by atoms with E-state index in [1.807, 2.05) is 12.5 Å². The van der Waals surface area contributed by atoms with Crippen LogP contribution in [-0.4, -0.2) is 15.3 Å². The molecule has 0 radical (unpaired) electrons. The summed E-state index contributed by atoms with van der Waals surface area (Å²) in [6, 6.07) is 8.56. The molecule has 1 fully saturated rings. The molecule has 90 valence electrons. The van der Waals surface area contributed by atoms with Crippen molar-refractivity contribution >= 4 is 5.78 Å². The minimum Gasteiger partial charge on any atom is -0.322 e. The van der Waals surface area contributed by atoms with Crippen LogP contribution in [0.25, 0.3) is 11.3 Å². The van der Waals surface area contributed by atoms with E-state index in [1.54, 1.807) is 0 Å². The van der Waals surface area contributed by atoms with E-state index in [2.05, 4.69) is 33.8 Å². The summed E-state index contributed by atoms with van der Waals surface area (Å²) < 4.78 is 2.18. The third-order valence-corrected chi connectivity index (χ3v) is 4.25. The summed E-state index contributed by atoms with van der Waals surface area (Å²) in [4.78, 5) is 16.3. The Hall–Kier alpha value is -1.90. The number of carbonyl (C=O) groups excluding carboxylic acids is 1. The summed E-state index contributed by atoms with van der Waals surface area (Å²) in [7, 11) is 0. The van der Waals surface area contributed by atoms with Gasteiger partial charge in [0, 0.05) is 17.9 Å². The van der Waals surface area contributed by atoms with Gasteiger partial charge in [-0.05, 0) is 18.4 Å². The Balaban J connectivity index is 1.91. The maximum Gasteiger partial charge on any atom is 0.138 e. The van der Waals surface area contributed by atoms with Gasteiger partial charge in [0.25, 0.3) is 0 Å². The molecule has 1 aliphatic carbocycles. The molecule has 1 saturated carbocycles. The van der Waals surface area contributed by atoms with Crippen LogP contribution >= 0.6 is 0 Å². The predicted octanol–water partition coefficient (Wildman–Crippen LogP) is 2.82. The van der Waals surface area contributed by atoms with E-state index in [0.29, 0.717) is 5.78 Å². The fourth-order valence-corrected chi connectivity index (χ4v) is 3.46. The monoisotopic (exact) mass is 238 g/mol. The predicted molar refractivity (Wildman–Crippen MR) is 68.2 cm³/mol. The number of rotatable bonds is 1. The van der Waals surface area contributed by atoms with Gasteiger partial charge in [0.2, 0.25) is 0 Å². The highest BCUT2D eigenvalue weighted by Crippen LogP contribution is 2.46. The molecule has 1 aromatic carbocycles. The molecule has 0 bridgehead atoms. The molecular weight excluding hydrogens is 224 g/mol. The molecule has 4 rings (SSSR count). The first kappa shape index (κ1) is 10.1. The van der Waals surface area contributed by atoms with Crippen molar-refractivity contribution in [1.82, 2.24) is 9.55 Å². The van der Waals surface area contributed by atoms with Crippen LogP contribution < -0.4 is 0 Å². The first-order valence-electron chi connectivity index (χ1n) is 6.50. The highest BCUT2D eigenvalue weighted by Gasteiger charge is 2.39. The maximum absolute atomic E-state index is 12.1. The third kappa shape index (κ3) is 1.19. The van der Waals surface area contributed by atoms with Crippen LogP contribution in [0, 0.1) is 5.92 Å². The minimum absolute atomic E-state index is 0.140. The van der Waals surface area contributed by atoms with Crippen molar-refractivity contribution in [3.05, 3.63) is 42.4 Å². The topological polar surface area (TPSA) is 34.9 Å². The standard InChI is InChI=1S/C15H14N2O/c18-14-7-3-6-12(14)15-11-5-2-1-4-10(11)13-8-16-9-17(13)15/h1-2,4-5,8-9,12,15H,3,6-7H2/t12-,15+/m0/s1. The van der Waals surface area contributed by atoms with Crippen LogP contribution in [0.5, 0.6) is 0 Å². The van der Waals surface area contributed by atoms with Crippen LogP contribution in [0.4, 0.5) is 0 Å². The van der Waals surface area contributed by atoms with Gasteiger partial charge in [-0.3, -0.25) is 4.79 Å². The SMILES string of the molecule is O=C1CCC[C@@H]1[C@H]1c2ccccc2-c2cncn21. The molecular formula is C15H14N2O. The quantitative estimate of drug-likeness (QED) is 0.765. The van der Waals surface area contributed by atoms with Crippen molar-refractivity contribution in [2.45, 2.75) is 25.3 Å². The molecule has 0 unspecified atom stereocenters. The smallest absolute Gasteiger partial charge is 0.138 e. The zero-order valence-electron chi connectivity index (χ0n) is 10.0. The number of hydrogen-bond donors (Lipinski definition) is 0. The second-order valence-electron chi connectivity index (χ2n) is 5.18. The van der Waals surface area contributed by atoms with Crippen molar-refractivity contribution in [2.24, 2.45) is 5.92 Å². The second kappa shape index (κ2) is 3.55. The average molecular weight is 238 g/mol. The zero-order chi connectivity index (χ0) is 12.1. The average Bonchev–Trinajstić information content (AvgIpc) is 3.05. The lowest BCUT2D eigenvalue weighted by atomic mass is 9.90. The Morgan fingerprint density at radius 3 is 3.00 bits per heavy atom. The lowest BCUT2D eigenvalue weighted by molar-refractivity contribution is -0.121. The highest BCUT2D eigenvalue weighted by molar-refractivity contribution is 5.85. The Bertz CT molecular complexity index is 629. The van der Waals surface area contributed by atoms with Crippen molar-refractivity contribution in [3.63, 3.8) is 0 Å². The first-order chi connectivity index (χ1) is 8.86. The number of fused-ring (bicyclic) bond motifs is 3. The van der Waals surface area contributed by atoms with Gasteiger partial charge in [0.1, 0.15) is 5.78 Å². The van der Waals surface area contributed by atoms with Crippen LogP contribution in [0.1, 0.15) is 30.9 Å². The van der Waals surface area contributed by atoms with E-state index in [-0.39, 0.29) is 12.0 Å². The molecule has 0 N–H and O–H groups in total. The number of Topliss-reactive ketones (excluding diaryl/α,β-unsaturated/α-hetero) is 1. The molecule has 2 heterocycles. The van der Waals surface area contributed by atoms with Gasteiger partial charge in [0.05, 0.1) is 24.3 Å². The number of benzene rings is 1. The van der Waals surface area contributed by atoms with Crippen molar-refractivity contribution < 1.29 is 4.79 Å². The Kier molecular flexibility index (Phi) is 1.98. The molecule has 3 heteroatoms. The molecule has 0 spiro atoms. The molecule has 2 aromatic rings. The molecule has 2 aliphatic rings. The first-order valence-corrected chi connectivity index (χ1v) is 6.50. The Labute approximate surface area is 105 Å². The molecule has 0 saturated heterocycles. The fraction of sp³-hybridized carbons (Fsp3) is 0.333. The number of imidazole rings is 1. The molecule has 18 heavy (non-hydrogen) atoms. The van der Waals surface area contributed by atoms with Gasteiger partial charge in [-0.2, -0.15) is 0 Å². The summed E-state index contributed by atoms with van der Waals surface area (Å²) in [5.41, 5.74) is 3.67. The van der Waals surface area contributed by atoms with Gasteiger partial charge in [-0.25, -0.2) is 4.98 Å². The summed E-state index contributed by atoms with van der Waals surface area (Å²) in [5.74, 6) is 0.554. The van der Waals surface area contributed by atoms with Gasteiger partial charge in [-0.1, -0.05) is 24.3 Å². The fourth-order valence-electron chi connectivity index (χ4n) is 3.46. The minimum atomic E-state index is 0.140. The summed E-state index contributed by atoms with van der Waals surface area (Å²) in [5, 5.41) is 0. The van der Waals surface area contributed by atoms with Crippen LogP contribution in [0.3, 0.4) is 0 Å². The number of aromatic nitrogens is 2. The van der Waals surface area contributed by atoms with E-state index in [4.69, 9.17) is 0 Å². The molecule has 1 aliphatic heterocycles. The van der Waals surface area contributed by atoms with E-state index < -0.39 is 0 Å². The van der Waals surface area contributed by atoms with Gasteiger partial charge in [-0.15, -0.1) is 0 Å². The van der Waals surface area contributed by atoms with E-state index >= 15 is 0 Å². The van der Waals surface area contributed by atoms with Crippen LogP contribution in [0.2, 0.25) is 0 Å². The zero-order valence-corrected chi connectivity index (χ0v) is 10.0. The van der Waals surface area contributed by atoms with E-state index in [0.717, 1.165) is 25.0 Å². The largest absolute Gasteiger partial charge is 0.322 e. The number of carbonyl (C=O) groups is 1. The lowest BCUT2D eigenvalue weighted by Gasteiger charge is -2.20. The number of hydrogen-bond acceptors (Lipinski definition) is 2. The normalized spacial score (nSPS) is 25.2. The second-order valence-corrected chi connectivity index (χ2v) is 5.18. The number of nitrogens with zero attached hydrogens (tertiary/aromatic N) is 2. The van der Waals surface area contributed by atoms with Crippen LogP contribution in [0.15, 0.2) is 36.8 Å². The van der Waals surface area contributed by atoms with Gasteiger partial charge in [0.15, 0.2) is 0 Å². The van der Waals surface area contributed by atoms with E-state index in [9.17, 15) is 4.79 Å². The molecule has 2 atom stereocenters. The van der Waals surface area contributed by atoms with Gasteiger partial charge < -0.3 is 4.57 Å². The summed E-state index contributed by atoms with van der Waals surface area (Å²) in [6.45, 7) is 0. The van der Waals surface area contributed by atoms with Crippen molar-refractivity contribution in [3.8, 4) is 11.3 Å². The molecule has 0 amide bonds.